The van der Waals surface area contributed by atoms with Crippen molar-refractivity contribution in [1.82, 2.24) is 10.2 Å². The van der Waals surface area contributed by atoms with E-state index in [1.807, 2.05) is 112 Å². The van der Waals surface area contributed by atoms with Gasteiger partial charge in [0.05, 0.1) is 0 Å². The molecule has 0 bridgehead atoms. The van der Waals surface area contributed by atoms with E-state index in [-0.39, 0.29) is 11.8 Å². The van der Waals surface area contributed by atoms with Gasteiger partial charge in [-0.1, -0.05) is 91.0 Å². The molecule has 1 atom stereocenters. The van der Waals surface area contributed by atoms with Gasteiger partial charge >= 0.3 is 0 Å². The molecule has 4 heteroatoms. The molecule has 3 rings (SSSR count). The van der Waals surface area contributed by atoms with Gasteiger partial charge in [-0.15, -0.1) is 0 Å². The van der Waals surface area contributed by atoms with E-state index in [0.29, 0.717) is 25.8 Å². The van der Waals surface area contributed by atoms with Crippen molar-refractivity contribution in [2.45, 2.75) is 58.2 Å². The Labute approximate surface area is 197 Å². The van der Waals surface area contributed by atoms with Gasteiger partial charge in [-0.3, -0.25) is 9.59 Å². The Morgan fingerprint density at radius 1 is 0.758 bits per heavy atom. The first-order valence-corrected chi connectivity index (χ1v) is 11.5. The molecule has 1 N–H and O–H groups in total. The normalized spacial score (nSPS) is 12.1. The number of hydrogen-bond donors (Lipinski definition) is 1. The third-order valence-electron chi connectivity index (χ3n) is 5.44. The van der Waals surface area contributed by atoms with E-state index < -0.39 is 11.6 Å². The van der Waals surface area contributed by atoms with Crippen LogP contribution in [0, 0.1) is 0 Å². The van der Waals surface area contributed by atoms with Crippen LogP contribution in [-0.4, -0.2) is 28.3 Å². The molecule has 172 valence electrons. The number of hydrogen-bond acceptors (Lipinski definition) is 2. The maximum Gasteiger partial charge on any atom is 0.243 e. The predicted molar refractivity (Wildman–Crippen MR) is 134 cm³/mol. The van der Waals surface area contributed by atoms with Gasteiger partial charge in [-0.25, -0.2) is 0 Å². The average Bonchev–Trinajstić information content (AvgIpc) is 2.80. The summed E-state index contributed by atoms with van der Waals surface area (Å²) in [4.78, 5) is 28.8. The first-order valence-electron chi connectivity index (χ1n) is 11.5. The minimum atomic E-state index is -0.602. The highest BCUT2D eigenvalue weighted by molar-refractivity contribution is 5.88. The molecule has 0 radical (unpaired) electrons. The SMILES string of the molecule is CC(C)(C)NC(=O)[C@@H](Cc1ccccc1)N(Cc1ccccc1)C(=O)CCc1ccccc1. The van der Waals surface area contributed by atoms with Crippen molar-refractivity contribution in [3.8, 4) is 0 Å². The monoisotopic (exact) mass is 442 g/mol. The Morgan fingerprint density at radius 3 is 1.76 bits per heavy atom. The zero-order valence-electron chi connectivity index (χ0n) is 19.8. The lowest BCUT2D eigenvalue weighted by atomic mass is 10.00. The van der Waals surface area contributed by atoms with E-state index >= 15 is 0 Å². The molecule has 0 unspecified atom stereocenters. The topological polar surface area (TPSA) is 49.4 Å². The summed E-state index contributed by atoms with van der Waals surface area (Å²) in [7, 11) is 0. The fourth-order valence-corrected chi connectivity index (χ4v) is 3.83. The zero-order chi connectivity index (χ0) is 23.7. The van der Waals surface area contributed by atoms with E-state index in [0.717, 1.165) is 16.7 Å². The van der Waals surface area contributed by atoms with Crippen molar-refractivity contribution in [2.75, 3.05) is 0 Å². The van der Waals surface area contributed by atoms with E-state index in [9.17, 15) is 9.59 Å². The second-order valence-electron chi connectivity index (χ2n) is 9.44. The van der Waals surface area contributed by atoms with Gasteiger partial charge in [0.15, 0.2) is 0 Å². The van der Waals surface area contributed by atoms with Crippen LogP contribution in [0.5, 0.6) is 0 Å². The molecule has 2 amide bonds. The Kier molecular flexibility index (Phi) is 8.42. The number of rotatable bonds is 9. The minimum Gasteiger partial charge on any atom is -0.350 e. The standard InChI is InChI=1S/C29H34N2O2/c1-29(2,3)30-28(33)26(21-24-15-9-5-10-16-24)31(22-25-17-11-6-12-18-25)27(32)20-19-23-13-7-4-8-14-23/h4-18,26H,19-22H2,1-3H3,(H,30,33)/t26-/m1/s1. The van der Waals surface area contributed by atoms with Crippen LogP contribution in [0.4, 0.5) is 0 Å². The summed E-state index contributed by atoms with van der Waals surface area (Å²) in [5.41, 5.74) is 2.76. The fraction of sp³-hybridized carbons (Fsp3) is 0.310. The second-order valence-corrected chi connectivity index (χ2v) is 9.44. The molecular weight excluding hydrogens is 408 g/mol. The number of carbonyl (C=O) groups is 2. The highest BCUT2D eigenvalue weighted by Gasteiger charge is 2.32. The smallest absolute Gasteiger partial charge is 0.243 e. The van der Waals surface area contributed by atoms with Gasteiger partial charge in [0.1, 0.15) is 6.04 Å². The molecule has 0 heterocycles. The van der Waals surface area contributed by atoms with Crippen molar-refractivity contribution in [1.29, 1.82) is 0 Å². The summed E-state index contributed by atoms with van der Waals surface area (Å²) in [6, 6.07) is 29.2. The number of aryl methyl sites for hydroxylation is 1. The zero-order valence-corrected chi connectivity index (χ0v) is 19.8. The van der Waals surface area contributed by atoms with Crippen LogP contribution < -0.4 is 5.32 Å². The first-order chi connectivity index (χ1) is 15.8. The Bertz CT molecular complexity index is 1010. The summed E-state index contributed by atoms with van der Waals surface area (Å²) < 4.78 is 0. The van der Waals surface area contributed by atoms with E-state index in [1.165, 1.54) is 0 Å². The number of carbonyl (C=O) groups excluding carboxylic acids is 2. The summed E-state index contributed by atoms with van der Waals surface area (Å²) in [6.07, 6.45) is 1.46. The molecule has 4 nitrogen and oxygen atoms in total. The lowest BCUT2D eigenvalue weighted by molar-refractivity contribution is -0.141. The van der Waals surface area contributed by atoms with E-state index in [2.05, 4.69) is 5.32 Å². The molecule has 0 saturated carbocycles. The molecule has 0 aliphatic rings. The van der Waals surface area contributed by atoms with Gasteiger partial charge < -0.3 is 10.2 Å². The predicted octanol–water partition coefficient (Wildman–Crippen LogP) is 5.17. The number of amides is 2. The number of benzene rings is 3. The maximum absolute atomic E-state index is 13.6. The number of nitrogens with zero attached hydrogens (tertiary/aromatic N) is 1. The van der Waals surface area contributed by atoms with Gasteiger partial charge in [-0.05, 0) is 43.9 Å². The van der Waals surface area contributed by atoms with E-state index in [1.54, 1.807) is 4.90 Å². The molecule has 0 aliphatic carbocycles. The molecule has 0 saturated heterocycles. The Balaban J connectivity index is 1.90. The van der Waals surface area contributed by atoms with Crippen LogP contribution in [0.25, 0.3) is 0 Å². The highest BCUT2D eigenvalue weighted by atomic mass is 16.2. The van der Waals surface area contributed by atoms with Crippen molar-refractivity contribution in [2.24, 2.45) is 0 Å². The number of nitrogens with one attached hydrogen (secondary N) is 1. The summed E-state index contributed by atoms with van der Waals surface area (Å²) in [5.74, 6) is -0.150. The van der Waals surface area contributed by atoms with Gasteiger partial charge in [-0.2, -0.15) is 0 Å². The molecule has 0 aliphatic heterocycles. The van der Waals surface area contributed by atoms with Crippen LogP contribution in [-0.2, 0) is 29.0 Å². The van der Waals surface area contributed by atoms with Crippen molar-refractivity contribution in [3.63, 3.8) is 0 Å². The molecule has 3 aromatic rings. The lowest BCUT2D eigenvalue weighted by Crippen LogP contribution is -2.54. The lowest BCUT2D eigenvalue weighted by Gasteiger charge is -2.34. The van der Waals surface area contributed by atoms with Gasteiger partial charge in [0, 0.05) is 24.9 Å². The Morgan fingerprint density at radius 2 is 1.24 bits per heavy atom. The molecule has 33 heavy (non-hydrogen) atoms. The van der Waals surface area contributed by atoms with Gasteiger partial charge in [0.25, 0.3) is 0 Å². The quantitative estimate of drug-likeness (QED) is 0.497. The second kappa shape index (κ2) is 11.5. The molecule has 3 aromatic carbocycles. The van der Waals surface area contributed by atoms with Crippen molar-refractivity contribution >= 4 is 11.8 Å². The third-order valence-corrected chi connectivity index (χ3v) is 5.44. The summed E-state index contributed by atoms with van der Waals surface area (Å²) >= 11 is 0. The molecule has 0 spiro atoms. The van der Waals surface area contributed by atoms with Crippen LogP contribution in [0.3, 0.4) is 0 Å². The van der Waals surface area contributed by atoms with Crippen LogP contribution in [0.15, 0.2) is 91.0 Å². The van der Waals surface area contributed by atoms with E-state index in [4.69, 9.17) is 0 Å². The van der Waals surface area contributed by atoms with Gasteiger partial charge in [0.2, 0.25) is 11.8 Å². The maximum atomic E-state index is 13.6. The summed E-state index contributed by atoms with van der Waals surface area (Å²) in [5, 5.41) is 3.10. The molecule has 0 fully saturated rings. The molecule has 0 aromatic heterocycles. The fourth-order valence-electron chi connectivity index (χ4n) is 3.83. The van der Waals surface area contributed by atoms with Crippen LogP contribution in [0.1, 0.15) is 43.9 Å². The van der Waals surface area contributed by atoms with Crippen LogP contribution >= 0.6 is 0 Å². The minimum absolute atomic E-state index is 0.0207. The highest BCUT2D eigenvalue weighted by Crippen LogP contribution is 2.18. The largest absolute Gasteiger partial charge is 0.350 e. The molecular formula is C29H34N2O2. The summed E-state index contributed by atoms with van der Waals surface area (Å²) in [6.45, 7) is 6.28. The third kappa shape index (κ3) is 7.90. The van der Waals surface area contributed by atoms with Crippen LogP contribution in [0.2, 0.25) is 0 Å². The average molecular weight is 443 g/mol. The van der Waals surface area contributed by atoms with Crippen molar-refractivity contribution < 1.29 is 9.59 Å². The van der Waals surface area contributed by atoms with Crippen molar-refractivity contribution in [3.05, 3.63) is 108 Å². The Hall–Kier alpha value is -3.40. The first kappa shape index (κ1) is 24.2.